The van der Waals surface area contributed by atoms with Gasteiger partial charge in [-0.1, -0.05) is 29.8 Å². The van der Waals surface area contributed by atoms with Crippen molar-refractivity contribution in [1.82, 2.24) is 20.5 Å². The maximum Gasteiger partial charge on any atom is 0.214 e. The van der Waals surface area contributed by atoms with E-state index in [4.69, 9.17) is 4.42 Å². The molecule has 2 N–H and O–H groups in total. The Balaban J connectivity index is 1.94. The van der Waals surface area contributed by atoms with Crippen molar-refractivity contribution in [3.8, 4) is 0 Å². The van der Waals surface area contributed by atoms with Gasteiger partial charge in [-0.3, -0.25) is 4.99 Å². The summed E-state index contributed by atoms with van der Waals surface area (Å²) in [7, 11) is 5.93. The predicted molar refractivity (Wildman–Crippen MR) is 102 cm³/mol. The van der Waals surface area contributed by atoms with Crippen LogP contribution < -0.4 is 10.6 Å². The molecule has 0 aliphatic rings. The average Bonchev–Trinajstić information content (AvgIpc) is 2.90. The summed E-state index contributed by atoms with van der Waals surface area (Å²) in [5.41, 5.74) is 3.47. The van der Waals surface area contributed by atoms with Gasteiger partial charge in [-0.05, 0) is 40.4 Å². The highest BCUT2D eigenvalue weighted by Crippen LogP contribution is 2.17. The number of likely N-dealkylation sites (N-methyl/N-ethyl adjacent to an activating group) is 1. The number of aromatic nitrogens is 1. The highest BCUT2D eigenvalue weighted by atomic mass is 16.4. The van der Waals surface area contributed by atoms with Gasteiger partial charge in [-0.25, -0.2) is 4.98 Å². The number of benzene rings is 1. The van der Waals surface area contributed by atoms with Gasteiger partial charge in [0.2, 0.25) is 5.89 Å². The Morgan fingerprint density at radius 1 is 1.16 bits per heavy atom. The second kappa shape index (κ2) is 8.67. The van der Waals surface area contributed by atoms with Gasteiger partial charge in [0.1, 0.15) is 5.76 Å². The first kappa shape index (κ1) is 19.0. The number of nitrogens with zero attached hydrogens (tertiary/aromatic N) is 3. The lowest BCUT2D eigenvalue weighted by molar-refractivity contribution is 0.298. The largest absolute Gasteiger partial charge is 0.444 e. The van der Waals surface area contributed by atoms with Crippen LogP contribution in [0.5, 0.6) is 0 Å². The Bertz CT molecular complexity index is 684. The van der Waals surface area contributed by atoms with Crippen molar-refractivity contribution in [2.24, 2.45) is 4.99 Å². The maximum atomic E-state index is 5.59. The molecule has 2 rings (SSSR count). The quantitative estimate of drug-likeness (QED) is 0.623. The molecule has 0 aliphatic heterocycles. The third kappa shape index (κ3) is 5.32. The first-order valence-corrected chi connectivity index (χ1v) is 8.51. The van der Waals surface area contributed by atoms with Gasteiger partial charge in [0.15, 0.2) is 5.96 Å². The van der Waals surface area contributed by atoms with Crippen molar-refractivity contribution in [2.45, 2.75) is 33.4 Å². The fraction of sp³-hybridized carbons (Fsp3) is 0.474. The average molecular weight is 343 g/mol. The lowest BCUT2D eigenvalue weighted by Gasteiger charge is -2.26. The summed E-state index contributed by atoms with van der Waals surface area (Å²) in [6, 6.07) is 8.90. The number of guanidine groups is 1. The summed E-state index contributed by atoms with van der Waals surface area (Å²) in [6.07, 6.45) is 0. The van der Waals surface area contributed by atoms with Gasteiger partial charge >= 0.3 is 0 Å². The highest BCUT2D eigenvalue weighted by molar-refractivity contribution is 5.79. The van der Waals surface area contributed by atoms with Crippen molar-refractivity contribution >= 4 is 5.96 Å². The molecule has 1 aromatic carbocycles. The number of oxazole rings is 1. The second-order valence-electron chi connectivity index (χ2n) is 6.45. The van der Waals surface area contributed by atoms with Crippen LogP contribution in [0.1, 0.15) is 34.5 Å². The van der Waals surface area contributed by atoms with Crippen molar-refractivity contribution in [3.63, 3.8) is 0 Å². The molecule has 0 saturated heterocycles. The predicted octanol–water partition coefficient (Wildman–Crippen LogP) is 2.57. The smallest absolute Gasteiger partial charge is 0.214 e. The molecule has 6 heteroatoms. The number of aliphatic imine (C=N–C) groups is 1. The number of nitrogens with one attached hydrogen (secondary N) is 2. The zero-order valence-corrected chi connectivity index (χ0v) is 16.1. The molecule has 0 saturated carbocycles. The molecule has 6 nitrogen and oxygen atoms in total. The van der Waals surface area contributed by atoms with Gasteiger partial charge in [0.05, 0.1) is 18.3 Å². The molecule has 0 bridgehead atoms. The molecule has 1 aromatic heterocycles. The Hall–Kier alpha value is -2.34. The highest BCUT2D eigenvalue weighted by Gasteiger charge is 2.15. The number of rotatable bonds is 6. The summed E-state index contributed by atoms with van der Waals surface area (Å²) >= 11 is 0. The minimum absolute atomic E-state index is 0.255. The normalized spacial score (nSPS) is 13.2. The van der Waals surface area contributed by atoms with Crippen molar-refractivity contribution in [3.05, 3.63) is 52.7 Å². The van der Waals surface area contributed by atoms with Crippen molar-refractivity contribution in [2.75, 3.05) is 27.7 Å². The Labute approximate surface area is 150 Å². The van der Waals surface area contributed by atoms with Crippen LogP contribution in [-0.4, -0.2) is 43.5 Å². The second-order valence-corrected chi connectivity index (χ2v) is 6.45. The first-order chi connectivity index (χ1) is 11.9. The standard InChI is InChI=1S/C19H29N5O/c1-13-7-9-16(10-8-13)17(24(5)6)11-21-19(20-4)22-12-18-23-14(2)15(3)25-18/h7-10,17H,11-12H2,1-6H3,(H2,20,21,22). The first-order valence-electron chi connectivity index (χ1n) is 8.51. The molecule has 1 atom stereocenters. The van der Waals surface area contributed by atoms with E-state index in [0.29, 0.717) is 12.4 Å². The number of hydrogen-bond donors (Lipinski definition) is 2. The third-order valence-electron chi connectivity index (χ3n) is 4.25. The molecule has 1 heterocycles. The summed E-state index contributed by atoms with van der Waals surface area (Å²) in [5, 5.41) is 6.63. The van der Waals surface area contributed by atoms with E-state index < -0.39 is 0 Å². The summed E-state index contributed by atoms with van der Waals surface area (Å²) in [6.45, 7) is 7.22. The van der Waals surface area contributed by atoms with Crippen LogP contribution >= 0.6 is 0 Å². The van der Waals surface area contributed by atoms with Crippen LogP contribution in [0, 0.1) is 20.8 Å². The Morgan fingerprint density at radius 3 is 2.36 bits per heavy atom. The topological polar surface area (TPSA) is 65.7 Å². The maximum absolute atomic E-state index is 5.59. The van der Waals surface area contributed by atoms with Gasteiger partial charge in [0, 0.05) is 13.6 Å². The molecule has 0 spiro atoms. The van der Waals surface area contributed by atoms with Crippen LogP contribution in [-0.2, 0) is 6.54 Å². The van der Waals surface area contributed by atoms with E-state index in [9.17, 15) is 0 Å². The molecule has 0 aliphatic carbocycles. The van der Waals surface area contributed by atoms with Gasteiger partial charge in [-0.2, -0.15) is 0 Å². The molecular weight excluding hydrogens is 314 g/mol. The summed E-state index contributed by atoms with van der Waals surface area (Å²) in [5.74, 6) is 2.25. The molecule has 0 radical (unpaired) electrons. The van der Waals surface area contributed by atoms with Crippen LogP contribution in [0.4, 0.5) is 0 Å². The van der Waals surface area contributed by atoms with Gasteiger partial charge in [0.25, 0.3) is 0 Å². The van der Waals surface area contributed by atoms with Crippen molar-refractivity contribution in [1.29, 1.82) is 0 Å². The fourth-order valence-electron chi connectivity index (χ4n) is 2.58. The lowest BCUT2D eigenvalue weighted by Crippen LogP contribution is -2.41. The van der Waals surface area contributed by atoms with E-state index in [2.05, 4.69) is 70.8 Å². The third-order valence-corrected chi connectivity index (χ3v) is 4.25. The van der Waals surface area contributed by atoms with Crippen LogP contribution in [0.25, 0.3) is 0 Å². The minimum atomic E-state index is 0.255. The van der Waals surface area contributed by atoms with E-state index in [0.717, 1.165) is 24.0 Å². The molecular formula is C19H29N5O. The van der Waals surface area contributed by atoms with E-state index in [1.807, 2.05) is 13.8 Å². The minimum Gasteiger partial charge on any atom is -0.444 e. The Kier molecular flexibility index (Phi) is 6.58. The van der Waals surface area contributed by atoms with Crippen LogP contribution in [0.3, 0.4) is 0 Å². The molecule has 2 aromatic rings. The van der Waals surface area contributed by atoms with E-state index >= 15 is 0 Å². The zero-order chi connectivity index (χ0) is 18.4. The fourth-order valence-corrected chi connectivity index (χ4v) is 2.58. The van der Waals surface area contributed by atoms with E-state index in [-0.39, 0.29) is 6.04 Å². The van der Waals surface area contributed by atoms with Gasteiger partial charge < -0.3 is 20.0 Å². The molecule has 25 heavy (non-hydrogen) atoms. The Morgan fingerprint density at radius 2 is 1.84 bits per heavy atom. The monoisotopic (exact) mass is 343 g/mol. The zero-order valence-electron chi connectivity index (χ0n) is 16.1. The number of aryl methyl sites for hydroxylation is 3. The summed E-state index contributed by atoms with van der Waals surface area (Å²) < 4.78 is 5.59. The molecule has 0 amide bonds. The molecule has 0 fully saturated rings. The molecule has 136 valence electrons. The molecule has 1 unspecified atom stereocenters. The van der Waals surface area contributed by atoms with E-state index in [1.54, 1.807) is 7.05 Å². The van der Waals surface area contributed by atoms with Crippen molar-refractivity contribution < 1.29 is 4.42 Å². The SMILES string of the molecule is CN=C(NCc1nc(C)c(C)o1)NCC(c1ccc(C)cc1)N(C)C. The van der Waals surface area contributed by atoms with Gasteiger partial charge in [-0.15, -0.1) is 0 Å². The summed E-state index contributed by atoms with van der Waals surface area (Å²) in [4.78, 5) is 10.9. The lowest BCUT2D eigenvalue weighted by atomic mass is 10.0. The van der Waals surface area contributed by atoms with E-state index in [1.165, 1.54) is 11.1 Å². The number of hydrogen-bond acceptors (Lipinski definition) is 4. The van der Waals surface area contributed by atoms with Crippen LogP contribution in [0.15, 0.2) is 33.7 Å². The van der Waals surface area contributed by atoms with Crippen LogP contribution in [0.2, 0.25) is 0 Å².